The molecule has 2 heterocycles. The number of ketones is 2. The van der Waals surface area contributed by atoms with Crippen molar-refractivity contribution in [3.05, 3.63) is 101 Å². The number of hydrogen-bond donors (Lipinski definition) is 0. The van der Waals surface area contributed by atoms with Crippen molar-refractivity contribution < 1.29 is 23.9 Å². The van der Waals surface area contributed by atoms with Gasteiger partial charge in [0.15, 0.2) is 0 Å². The summed E-state index contributed by atoms with van der Waals surface area (Å²) in [7, 11) is 0. The van der Waals surface area contributed by atoms with Crippen molar-refractivity contribution in [3.8, 4) is 0 Å². The first-order valence-electron chi connectivity index (χ1n) is 10.5. The Kier molecular flexibility index (Phi) is 4.21. The predicted octanol–water partition coefficient (Wildman–Crippen LogP) is 4.04. The van der Waals surface area contributed by atoms with Gasteiger partial charge in [0.25, 0.3) is 0 Å². The van der Waals surface area contributed by atoms with Crippen molar-refractivity contribution in [3.63, 3.8) is 0 Å². The van der Waals surface area contributed by atoms with Crippen LogP contribution in [0.2, 0.25) is 5.02 Å². The van der Waals surface area contributed by atoms with E-state index in [1.807, 2.05) is 0 Å². The molecule has 2 fully saturated rings. The summed E-state index contributed by atoms with van der Waals surface area (Å²) in [5, 5.41) is 0.489. The maximum Gasteiger partial charge on any atom is 0.241 e. The summed E-state index contributed by atoms with van der Waals surface area (Å²) < 4.78 is 6.22. The largest absolute Gasteiger partial charge is 0.349 e. The lowest BCUT2D eigenvalue weighted by Crippen LogP contribution is -2.51. The van der Waals surface area contributed by atoms with E-state index in [-0.39, 0.29) is 11.1 Å². The van der Waals surface area contributed by atoms with E-state index in [1.165, 1.54) is 0 Å². The van der Waals surface area contributed by atoms with Gasteiger partial charge in [0.1, 0.15) is 0 Å². The molecule has 3 aromatic carbocycles. The molecule has 6 nitrogen and oxygen atoms in total. The lowest BCUT2D eigenvalue weighted by molar-refractivity contribution is -0.127. The molecule has 6 rings (SSSR count). The number of halogens is 1. The molecule has 0 bridgehead atoms. The highest BCUT2D eigenvalue weighted by Crippen LogP contribution is 2.57. The predicted molar refractivity (Wildman–Crippen MR) is 119 cm³/mol. The zero-order valence-corrected chi connectivity index (χ0v) is 17.9. The summed E-state index contributed by atoms with van der Waals surface area (Å²) >= 11 is 6.03. The van der Waals surface area contributed by atoms with Gasteiger partial charge in [0, 0.05) is 16.1 Å². The number of carbonyl (C=O) groups is 4. The first kappa shape index (κ1) is 20.0. The number of benzene rings is 3. The minimum Gasteiger partial charge on any atom is -0.349 e. The van der Waals surface area contributed by atoms with Crippen LogP contribution >= 0.6 is 11.6 Å². The molecule has 3 atom stereocenters. The van der Waals surface area contributed by atoms with Gasteiger partial charge in [-0.15, -0.1) is 0 Å². The Bertz CT molecular complexity index is 1320. The van der Waals surface area contributed by atoms with Gasteiger partial charge in [-0.3, -0.25) is 19.2 Å². The number of rotatable bonds is 2. The summed E-state index contributed by atoms with van der Waals surface area (Å²) in [4.78, 5) is 55.8. The number of fused-ring (bicyclic) bond motifs is 3. The third-order valence-electron chi connectivity index (χ3n) is 6.73. The Hall–Kier alpha value is -3.61. The number of Topliss-reactive ketones (excluding diaryl/α,β-unsaturated/α-hetero) is 2. The molecule has 2 saturated heterocycles. The van der Waals surface area contributed by atoms with Gasteiger partial charge >= 0.3 is 0 Å². The van der Waals surface area contributed by atoms with Crippen molar-refractivity contribution >= 4 is 40.7 Å². The molecule has 1 spiro atoms. The summed E-state index contributed by atoms with van der Waals surface area (Å²) in [5.41, 5.74) is -0.705. The highest BCUT2D eigenvalue weighted by atomic mass is 35.5. The van der Waals surface area contributed by atoms with E-state index in [0.29, 0.717) is 16.3 Å². The van der Waals surface area contributed by atoms with Crippen molar-refractivity contribution in [2.75, 3.05) is 4.90 Å². The number of anilines is 1. The third kappa shape index (κ3) is 2.53. The van der Waals surface area contributed by atoms with Crippen molar-refractivity contribution in [1.29, 1.82) is 0 Å². The van der Waals surface area contributed by atoms with Crippen LogP contribution in [0.15, 0.2) is 78.9 Å². The monoisotopic (exact) mass is 457 g/mol. The second-order valence-corrected chi connectivity index (χ2v) is 8.82. The molecular formula is C26H16ClNO5. The van der Waals surface area contributed by atoms with Crippen LogP contribution in [0.1, 0.15) is 32.4 Å². The summed E-state index contributed by atoms with van der Waals surface area (Å²) in [6.45, 7) is 0. The normalized spacial score (nSPS) is 25.1. The number of para-hydroxylation sites is 1. The second-order valence-electron chi connectivity index (χ2n) is 8.38. The topological polar surface area (TPSA) is 80.8 Å². The average Bonchev–Trinajstić information content (AvgIpc) is 3.40. The van der Waals surface area contributed by atoms with E-state index in [2.05, 4.69) is 0 Å². The van der Waals surface area contributed by atoms with E-state index < -0.39 is 46.9 Å². The number of imide groups is 1. The zero-order chi connectivity index (χ0) is 22.9. The third-order valence-corrected chi connectivity index (χ3v) is 6.98. The smallest absolute Gasteiger partial charge is 0.241 e. The van der Waals surface area contributed by atoms with Crippen LogP contribution < -0.4 is 4.90 Å². The van der Waals surface area contributed by atoms with Gasteiger partial charge < -0.3 is 4.74 Å². The summed E-state index contributed by atoms with van der Waals surface area (Å²) in [6, 6.07) is 21.6. The van der Waals surface area contributed by atoms with E-state index in [4.69, 9.17) is 16.3 Å². The molecule has 1 aliphatic carbocycles. The van der Waals surface area contributed by atoms with Crippen LogP contribution in [0.5, 0.6) is 0 Å². The Morgan fingerprint density at radius 1 is 0.727 bits per heavy atom. The van der Waals surface area contributed by atoms with Gasteiger partial charge in [0.2, 0.25) is 29.0 Å². The summed E-state index contributed by atoms with van der Waals surface area (Å²) in [5.74, 6) is -4.55. The van der Waals surface area contributed by atoms with Crippen LogP contribution in [0, 0.1) is 11.8 Å². The van der Waals surface area contributed by atoms with Gasteiger partial charge in [0.05, 0.1) is 23.6 Å². The van der Waals surface area contributed by atoms with E-state index in [1.54, 1.807) is 78.9 Å². The SMILES string of the molecule is O=C1[C@H]2[C@@H](C(=O)N1c1ccccc1)C1(O[C@H]2c2ccc(Cl)cc2)C(=O)c2ccccc2C1=O. The molecule has 7 heteroatoms. The molecule has 33 heavy (non-hydrogen) atoms. The Morgan fingerprint density at radius 2 is 1.30 bits per heavy atom. The van der Waals surface area contributed by atoms with E-state index in [9.17, 15) is 19.2 Å². The van der Waals surface area contributed by atoms with Crippen LogP contribution in [-0.4, -0.2) is 29.0 Å². The standard InChI is InChI=1S/C26H16ClNO5/c27-15-12-10-14(11-13-15)21-19-20(25(32)28(24(19)31)16-6-2-1-3-7-16)26(33-21)22(29)17-8-4-5-9-18(17)23(26)30/h1-13,19-21H/t19-,20-,21-/m0/s1. The molecule has 3 aliphatic rings. The van der Waals surface area contributed by atoms with Crippen molar-refractivity contribution in [1.82, 2.24) is 0 Å². The molecule has 0 saturated carbocycles. The Labute approximate surface area is 193 Å². The molecule has 162 valence electrons. The number of nitrogens with zero attached hydrogens (tertiary/aromatic N) is 1. The number of carbonyl (C=O) groups excluding carboxylic acids is 4. The maximum absolute atomic E-state index is 13.7. The van der Waals surface area contributed by atoms with E-state index >= 15 is 0 Å². The molecule has 2 aliphatic heterocycles. The fraction of sp³-hybridized carbons (Fsp3) is 0.154. The molecular weight excluding hydrogens is 442 g/mol. The maximum atomic E-state index is 13.7. The molecule has 2 amide bonds. The van der Waals surface area contributed by atoms with Gasteiger partial charge in [-0.05, 0) is 29.8 Å². The summed E-state index contributed by atoms with van der Waals surface area (Å²) in [6.07, 6.45) is -0.959. The second kappa shape index (κ2) is 6.94. The minimum atomic E-state index is -2.07. The van der Waals surface area contributed by atoms with Gasteiger partial charge in [-0.1, -0.05) is 66.2 Å². The highest BCUT2D eigenvalue weighted by molar-refractivity contribution is 6.37. The first-order chi connectivity index (χ1) is 15.9. The van der Waals surface area contributed by atoms with Crippen LogP contribution in [-0.2, 0) is 14.3 Å². The lowest BCUT2D eigenvalue weighted by atomic mass is 9.77. The Morgan fingerprint density at radius 3 is 1.91 bits per heavy atom. The van der Waals surface area contributed by atoms with Gasteiger partial charge in [-0.25, -0.2) is 4.90 Å². The molecule has 0 aromatic heterocycles. The highest BCUT2D eigenvalue weighted by Gasteiger charge is 2.74. The number of hydrogen-bond acceptors (Lipinski definition) is 5. The molecule has 0 N–H and O–H groups in total. The molecule has 0 unspecified atom stereocenters. The average molecular weight is 458 g/mol. The fourth-order valence-corrected chi connectivity index (χ4v) is 5.43. The van der Waals surface area contributed by atoms with Crippen LogP contribution in [0.25, 0.3) is 0 Å². The minimum absolute atomic E-state index is 0.205. The number of amides is 2. The van der Waals surface area contributed by atoms with Gasteiger partial charge in [-0.2, -0.15) is 0 Å². The lowest BCUT2D eigenvalue weighted by Gasteiger charge is -2.27. The molecule has 3 aromatic rings. The van der Waals surface area contributed by atoms with E-state index in [0.717, 1.165) is 4.90 Å². The van der Waals surface area contributed by atoms with Crippen molar-refractivity contribution in [2.24, 2.45) is 11.8 Å². The number of ether oxygens (including phenoxy) is 1. The fourth-order valence-electron chi connectivity index (χ4n) is 5.30. The molecule has 0 radical (unpaired) electrons. The zero-order valence-electron chi connectivity index (χ0n) is 17.1. The van der Waals surface area contributed by atoms with Crippen LogP contribution in [0.3, 0.4) is 0 Å². The quantitative estimate of drug-likeness (QED) is 0.428. The first-order valence-corrected chi connectivity index (χ1v) is 10.9. The Balaban J connectivity index is 1.55. The van der Waals surface area contributed by atoms with Crippen molar-refractivity contribution in [2.45, 2.75) is 11.7 Å². The van der Waals surface area contributed by atoms with Crippen LogP contribution in [0.4, 0.5) is 5.69 Å².